The van der Waals surface area contributed by atoms with Gasteiger partial charge in [0.25, 0.3) is 0 Å². The minimum Gasteiger partial charge on any atom is -0.481 e. The minimum absolute atomic E-state index is 0.0236. The molecule has 2 aliphatic rings. The van der Waals surface area contributed by atoms with Crippen molar-refractivity contribution in [1.82, 2.24) is 9.88 Å². The van der Waals surface area contributed by atoms with Crippen LogP contribution in [0, 0.1) is 17.6 Å². The molecule has 1 fully saturated rings. The molecule has 172 valence electrons. The zero-order valence-electron chi connectivity index (χ0n) is 17.9. The normalized spacial score (nSPS) is 18.3. The molecule has 1 atom stereocenters. The van der Waals surface area contributed by atoms with Crippen LogP contribution in [-0.4, -0.2) is 34.0 Å². The standard InChI is InChI=1S/C26H19ClF2N2O3/c27-22-16(13-3-1-4-15(28)9-13)5-2-6-18(22)25-30-20-10-19-17(23(29)24(20)34-25)7-8-21(19)31-11-14(12-31)26(32)33/h1-6,9-10,14,21H,7-8,11-12H2,(H,32,33)/t21-/m0/s1. The van der Waals surface area contributed by atoms with Gasteiger partial charge in [-0.2, -0.15) is 0 Å². The molecular weight excluding hydrogens is 462 g/mol. The molecule has 0 radical (unpaired) electrons. The average molecular weight is 481 g/mol. The van der Waals surface area contributed by atoms with Gasteiger partial charge in [0.05, 0.1) is 16.5 Å². The lowest BCUT2D eigenvalue weighted by Crippen LogP contribution is -2.51. The molecule has 0 saturated carbocycles. The number of carboxylic acid groups (broad SMARTS) is 1. The summed E-state index contributed by atoms with van der Waals surface area (Å²) in [4.78, 5) is 17.8. The number of fused-ring (bicyclic) bond motifs is 2. The summed E-state index contributed by atoms with van der Waals surface area (Å²) in [5.41, 5.74) is 3.63. The van der Waals surface area contributed by atoms with Crippen LogP contribution >= 0.6 is 11.6 Å². The molecule has 5 nitrogen and oxygen atoms in total. The fourth-order valence-electron chi connectivity index (χ4n) is 5.07. The summed E-state index contributed by atoms with van der Waals surface area (Å²) in [7, 11) is 0. The highest BCUT2D eigenvalue weighted by molar-refractivity contribution is 6.36. The van der Waals surface area contributed by atoms with E-state index in [-0.39, 0.29) is 29.3 Å². The molecule has 0 spiro atoms. The Bertz CT molecular complexity index is 1460. The molecule has 0 amide bonds. The van der Waals surface area contributed by atoms with Crippen LogP contribution < -0.4 is 0 Å². The topological polar surface area (TPSA) is 66.6 Å². The predicted octanol–water partition coefficient (Wildman–Crippen LogP) is 6.10. The summed E-state index contributed by atoms with van der Waals surface area (Å²) in [6.07, 6.45) is 1.29. The van der Waals surface area contributed by atoms with Gasteiger partial charge in [-0.25, -0.2) is 13.8 Å². The van der Waals surface area contributed by atoms with Crippen molar-refractivity contribution in [2.75, 3.05) is 13.1 Å². The lowest BCUT2D eigenvalue weighted by atomic mass is 9.95. The number of carbonyl (C=O) groups is 1. The van der Waals surface area contributed by atoms with Crippen molar-refractivity contribution in [2.24, 2.45) is 5.92 Å². The van der Waals surface area contributed by atoms with Crippen molar-refractivity contribution < 1.29 is 23.1 Å². The Labute approximate surface area is 198 Å². The van der Waals surface area contributed by atoms with E-state index in [0.717, 1.165) is 12.0 Å². The molecule has 1 aliphatic carbocycles. The number of benzene rings is 3. The molecule has 1 N–H and O–H groups in total. The Morgan fingerprint density at radius 2 is 1.88 bits per heavy atom. The largest absolute Gasteiger partial charge is 0.481 e. The van der Waals surface area contributed by atoms with Crippen molar-refractivity contribution in [1.29, 1.82) is 0 Å². The fourth-order valence-corrected chi connectivity index (χ4v) is 5.38. The summed E-state index contributed by atoms with van der Waals surface area (Å²) in [5, 5.41) is 9.51. The molecule has 6 rings (SSSR count). The van der Waals surface area contributed by atoms with E-state index in [1.807, 2.05) is 6.07 Å². The maximum atomic E-state index is 15.4. The van der Waals surface area contributed by atoms with Gasteiger partial charge in [0.15, 0.2) is 11.4 Å². The van der Waals surface area contributed by atoms with Crippen molar-refractivity contribution in [2.45, 2.75) is 18.9 Å². The molecule has 0 bridgehead atoms. The molecule has 1 saturated heterocycles. The number of carboxylic acids is 1. The molecule has 1 aliphatic heterocycles. The Balaban J connectivity index is 1.39. The van der Waals surface area contributed by atoms with Gasteiger partial charge in [-0.15, -0.1) is 0 Å². The van der Waals surface area contributed by atoms with Crippen LogP contribution in [-0.2, 0) is 11.2 Å². The van der Waals surface area contributed by atoms with Gasteiger partial charge >= 0.3 is 5.97 Å². The van der Waals surface area contributed by atoms with Crippen molar-refractivity contribution in [3.05, 3.63) is 76.3 Å². The van der Waals surface area contributed by atoms with Crippen LogP contribution in [0.3, 0.4) is 0 Å². The fraction of sp³-hybridized carbons (Fsp3) is 0.231. The first-order valence-electron chi connectivity index (χ1n) is 11.0. The molecular formula is C26H19ClF2N2O3. The average Bonchev–Trinajstić information content (AvgIpc) is 3.38. The van der Waals surface area contributed by atoms with E-state index in [2.05, 4.69) is 9.88 Å². The molecule has 0 unspecified atom stereocenters. The van der Waals surface area contributed by atoms with Crippen LogP contribution in [0.1, 0.15) is 23.6 Å². The number of likely N-dealkylation sites (tertiary alicyclic amines) is 1. The monoisotopic (exact) mass is 480 g/mol. The second-order valence-electron chi connectivity index (χ2n) is 8.85. The smallest absolute Gasteiger partial charge is 0.309 e. The minimum atomic E-state index is -0.797. The highest BCUT2D eigenvalue weighted by Gasteiger charge is 2.41. The van der Waals surface area contributed by atoms with E-state index in [4.69, 9.17) is 16.0 Å². The Morgan fingerprint density at radius 3 is 2.65 bits per heavy atom. The Hall–Kier alpha value is -3.29. The van der Waals surface area contributed by atoms with E-state index < -0.39 is 11.8 Å². The third kappa shape index (κ3) is 3.30. The maximum absolute atomic E-state index is 15.4. The number of halogens is 3. The van der Waals surface area contributed by atoms with Gasteiger partial charge in [-0.1, -0.05) is 35.9 Å². The van der Waals surface area contributed by atoms with Crippen LogP contribution in [0.25, 0.3) is 33.7 Å². The van der Waals surface area contributed by atoms with Crippen LogP contribution in [0.2, 0.25) is 5.02 Å². The van der Waals surface area contributed by atoms with Gasteiger partial charge in [0.2, 0.25) is 5.89 Å². The first-order valence-corrected chi connectivity index (χ1v) is 11.4. The first kappa shape index (κ1) is 21.3. The summed E-state index contributed by atoms with van der Waals surface area (Å²) < 4.78 is 35.0. The second kappa shape index (κ2) is 7.89. The van der Waals surface area contributed by atoms with E-state index in [1.54, 1.807) is 30.3 Å². The Morgan fingerprint density at radius 1 is 1.12 bits per heavy atom. The summed E-state index contributed by atoms with van der Waals surface area (Å²) in [6.45, 7) is 0.928. The lowest BCUT2D eigenvalue weighted by molar-refractivity contribution is -0.148. The maximum Gasteiger partial charge on any atom is 0.309 e. The molecule has 3 aromatic carbocycles. The van der Waals surface area contributed by atoms with E-state index in [9.17, 15) is 14.3 Å². The van der Waals surface area contributed by atoms with Crippen LogP contribution in [0.4, 0.5) is 8.78 Å². The van der Waals surface area contributed by atoms with Gasteiger partial charge < -0.3 is 9.52 Å². The van der Waals surface area contributed by atoms with Crippen molar-refractivity contribution in [3.63, 3.8) is 0 Å². The second-order valence-corrected chi connectivity index (χ2v) is 9.22. The predicted molar refractivity (Wildman–Crippen MR) is 124 cm³/mol. The van der Waals surface area contributed by atoms with Crippen LogP contribution in [0.5, 0.6) is 0 Å². The van der Waals surface area contributed by atoms with E-state index >= 15 is 4.39 Å². The van der Waals surface area contributed by atoms with E-state index in [1.165, 1.54) is 12.1 Å². The van der Waals surface area contributed by atoms with Crippen molar-refractivity contribution >= 4 is 28.7 Å². The summed E-state index contributed by atoms with van der Waals surface area (Å²) in [5.74, 6) is -1.78. The summed E-state index contributed by atoms with van der Waals surface area (Å²) >= 11 is 6.66. The number of aliphatic carboxylic acids is 1. The zero-order chi connectivity index (χ0) is 23.6. The zero-order valence-corrected chi connectivity index (χ0v) is 18.6. The van der Waals surface area contributed by atoms with Crippen molar-refractivity contribution in [3.8, 4) is 22.6 Å². The lowest BCUT2D eigenvalue weighted by Gasteiger charge is -2.41. The number of hydrogen-bond acceptors (Lipinski definition) is 4. The number of nitrogens with zero attached hydrogens (tertiary/aromatic N) is 2. The Kier molecular flexibility index (Phi) is 4.93. The third-order valence-electron chi connectivity index (χ3n) is 6.85. The van der Waals surface area contributed by atoms with Gasteiger partial charge in [-0.05, 0) is 53.8 Å². The molecule has 34 heavy (non-hydrogen) atoms. The SMILES string of the molecule is O=C(O)C1CN([C@H]2CCc3c2cc2nc(-c4cccc(-c5cccc(F)c5)c4Cl)oc2c3F)C1. The summed E-state index contributed by atoms with van der Waals surface area (Å²) in [6, 6.07) is 13.2. The van der Waals surface area contributed by atoms with Crippen LogP contribution in [0.15, 0.2) is 52.9 Å². The third-order valence-corrected chi connectivity index (χ3v) is 7.26. The number of oxazole rings is 1. The highest BCUT2D eigenvalue weighted by atomic mass is 35.5. The van der Waals surface area contributed by atoms with Gasteiger partial charge in [-0.3, -0.25) is 9.69 Å². The number of hydrogen-bond donors (Lipinski definition) is 1. The number of aromatic nitrogens is 1. The molecule has 4 aromatic rings. The number of rotatable bonds is 4. The van der Waals surface area contributed by atoms with Gasteiger partial charge in [0.1, 0.15) is 11.3 Å². The first-order chi connectivity index (χ1) is 16.4. The molecule has 1 aromatic heterocycles. The molecule has 8 heteroatoms. The van der Waals surface area contributed by atoms with Gasteiger partial charge in [0, 0.05) is 24.7 Å². The van der Waals surface area contributed by atoms with E-state index in [0.29, 0.717) is 52.3 Å². The molecule has 2 heterocycles. The highest BCUT2D eigenvalue weighted by Crippen LogP contribution is 2.44. The quantitative estimate of drug-likeness (QED) is 0.382.